The number of hydrogen-bond donors (Lipinski definition) is 2. The van der Waals surface area contributed by atoms with Gasteiger partial charge in [-0.05, 0) is 64.2 Å². The van der Waals surface area contributed by atoms with Gasteiger partial charge in [-0.1, -0.05) is 37.3 Å². The van der Waals surface area contributed by atoms with Crippen LogP contribution in [0.1, 0.15) is 50.3 Å². The van der Waals surface area contributed by atoms with Crippen LogP contribution >= 0.6 is 0 Å². The molecule has 152 valence electrons. The summed E-state index contributed by atoms with van der Waals surface area (Å²) in [6.07, 6.45) is 5.49. The van der Waals surface area contributed by atoms with Crippen molar-refractivity contribution in [2.24, 2.45) is 5.92 Å². The van der Waals surface area contributed by atoms with Gasteiger partial charge in [0.25, 0.3) is 0 Å². The number of aromatic nitrogens is 2. The van der Waals surface area contributed by atoms with Crippen molar-refractivity contribution in [1.29, 1.82) is 0 Å². The summed E-state index contributed by atoms with van der Waals surface area (Å²) in [5, 5.41) is 10.5. The van der Waals surface area contributed by atoms with Crippen LogP contribution in [0, 0.1) is 12.8 Å². The number of piperidine rings is 1. The maximum Gasteiger partial charge on any atom is 0.320 e. The van der Waals surface area contributed by atoms with E-state index in [2.05, 4.69) is 46.6 Å². The molecule has 1 aromatic carbocycles. The molecular weight excluding hydrogens is 350 g/mol. The smallest absolute Gasteiger partial charge is 0.320 e. The highest BCUT2D eigenvalue weighted by atomic mass is 16.2. The predicted molar refractivity (Wildman–Crippen MR) is 114 cm³/mol. The molecule has 3 rings (SSSR count). The number of anilines is 1. The number of benzene rings is 1. The molecule has 2 amide bonds. The van der Waals surface area contributed by atoms with Crippen molar-refractivity contribution in [3.8, 4) is 0 Å². The summed E-state index contributed by atoms with van der Waals surface area (Å²) in [4.78, 5) is 14.8. The third-order valence-electron chi connectivity index (χ3n) is 5.82. The zero-order valence-corrected chi connectivity index (χ0v) is 17.3. The first kappa shape index (κ1) is 20.4. The van der Waals surface area contributed by atoms with Gasteiger partial charge in [0.05, 0.1) is 6.04 Å². The lowest BCUT2D eigenvalue weighted by Crippen LogP contribution is -2.35. The van der Waals surface area contributed by atoms with Crippen molar-refractivity contribution in [1.82, 2.24) is 20.0 Å². The normalized spacial score (nSPS) is 16.7. The Morgan fingerprint density at radius 2 is 1.96 bits per heavy atom. The molecule has 6 nitrogen and oxygen atoms in total. The van der Waals surface area contributed by atoms with Gasteiger partial charge < -0.3 is 10.2 Å². The number of carbonyl (C=O) groups is 1. The largest absolute Gasteiger partial charge is 0.338 e. The number of nitrogens with one attached hydrogen (secondary N) is 2. The maximum atomic E-state index is 12.3. The Kier molecular flexibility index (Phi) is 7.09. The fourth-order valence-corrected chi connectivity index (χ4v) is 3.82. The van der Waals surface area contributed by atoms with E-state index in [0.717, 1.165) is 24.4 Å². The van der Waals surface area contributed by atoms with E-state index in [4.69, 9.17) is 0 Å². The number of hydrogen-bond acceptors (Lipinski definition) is 3. The van der Waals surface area contributed by atoms with Crippen molar-refractivity contribution in [3.05, 3.63) is 47.7 Å². The summed E-state index contributed by atoms with van der Waals surface area (Å²) >= 11 is 0. The molecule has 0 unspecified atom stereocenters. The van der Waals surface area contributed by atoms with Gasteiger partial charge in [0.15, 0.2) is 5.82 Å². The van der Waals surface area contributed by atoms with E-state index in [1.165, 1.54) is 31.5 Å². The van der Waals surface area contributed by atoms with Crippen LogP contribution in [-0.2, 0) is 0 Å². The van der Waals surface area contributed by atoms with Crippen molar-refractivity contribution in [2.45, 2.75) is 46.1 Å². The number of aryl methyl sites for hydroxylation is 1. The molecule has 6 heteroatoms. The number of amides is 2. The average Bonchev–Trinajstić information content (AvgIpc) is 3.08. The van der Waals surface area contributed by atoms with E-state index >= 15 is 0 Å². The van der Waals surface area contributed by atoms with Gasteiger partial charge in [-0.3, -0.25) is 10.00 Å². The summed E-state index contributed by atoms with van der Waals surface area (Å²) in [6, 6.07) is 10.2. The summed E-state index contributed by atoms with van der Waals surface area (Å²) in [5.74, 6) is 1.34. The molecule has 1 aromatic heterocycles. The van der Waals surface area contributed by atoms with E-state index in [9.17, 15) is 4.79 Å². The SMILES string of the molecule is CCN1CCC(CCNC(=O)Nc2nn([C@H](C)c3ccccc3)cc2C)CC1. The van der Waals surface area contributed by atoms with Crippen LogP contribution in [-0.4, -0.2) is 46.9 Å². The first-order valence-corrected chi connectivity index (χ1v) is 10.4. The van der Waals surface area contributed by atoms with Gasteiger partial charge in [0, 0.05) is 18.3 Å². The van der Waals surface area contributed by atoms with Crippen LogP contribution in [0.5, 0.6) is 0 Å². The minimum absolute atomic E-state index is 0.118. The predicted octanol–water partition coefficient (Wildman–Crippen LogP) is 4.04. The Bertz CT molecular complexity index is 750. The molecule has 0 bridgehead atoms. The Morgan fingerprint density at radius 3 is 2.64 bits per heavy atom. The third kappa shape index (κ3) is 5.35. The Labute approximate surface area is 168 Å². The first-order chi connectivity index (χ1) is 13.6. The summed E-state index contributed by atoms with van der Waals surface area (Å²) in [6.45, 7) is 10.5. The maximum absolute atomic E-state index is 12.3. The van der Waals surface area contributed by atoms with Crippen LogP contribution in [0.15, 0.2) is 36.5 Å². The van der Waals surface area contributed by atoms with E-state index in [-0.39, 0.29) is 12.1 Å². The van der Waals surface area contributed by atoms with E-state index in [1.54, 1.807) is 0 Å². The molecule has 1 aliphatic rings. The van der Waals surface area contributed by atoms with Crippen molar-refractivity contribution in [3.63, 3.8) is 0 Å². The van der Waals surface area contributed by atoms with Crippen LogP contribution < -0.4 is 10.6 Å². The lowest BCUT2D eigenvalue weighted by molar-refractivity contribution is 0.186. The zero-order chi connectivity index (χ0) is 19.9. The molecule has 0 radical (unpaired) electrons. The number of rotatable bonds is 7. The highest BCUT2D eigenvalue weighted by Gasteiger charge is 2.18. The molecule has 0 saturated carbocycles. The highest BCUT2D eigenvalue weighted by Crippen LogP contribution is 2.21. The summed E-state index contributed by atoms with van der Waals surface area (Å²) in [5.41, 5.74) is 2.15. The molecule has 1 fully saturated rings. The third-order valence-corrected chi connectivity index (χ3v) is 5.82. The van der Waals surface area contributed by atoms with Crippen LogP contribution in [0.4, 0.5) is 10.6 Å². The summed E-state index contributed by atoms with van der Waals surface area (Å²) < 4.78 is 1.90. The molecule has 1 atom stereocenters. The molecule has 0 spiro atoms. The van der Waals surface area contributed by atoms with Gasteiger partial charge in [-0.25, -0.2) is 4.79 Å². The lowest BCUT2D eigenvalue weighted by atomic mass is 9.93. The fourth-order valence-electron chi connectivity index (χ4n) is 3.82. The topological polar surface area (TPSA) is 62.2 Å². The monoisotopic (exact) mass is 383 g/mol. The zero-order valence-electron chi connectivity index (χ0n) is 17.3. The summed E-state index contributed by atoms with van der Waals surface area (Å²) in [7, 11) is 0. The van der Waals surface area contributed by atoms with Gasteiger partial charge in [0.2, 0.25) is 0 Å². The molecule has 0 aliphatic carbocycles. The minimum Gasteiger partial charge on any atom is -0.338 e. The fraction of sp³-hybridized carbons (Fsp3) is 0.545. The van der Waals surface area contributed by atoms with Gasteiger partial charge in [-0.2, -0.15) is 5.10 Å². The minimum atomic E-state index is -0.174. The van der Waals surface area contributed by atoms with Crippen molar-refractivity contribution in [2.75, 3.05) is 31.5 Å². The van der Waals surface area contributed by atoms with E-state index < -0.39 is 0 Å². The van der Waals surface area contributed by atoms with Crippen molar-refractivity contribution < 1.29 is 4.79 Å². The Balaban J connectivity index is 1.46. The van der Waals surface area contributed by atoms with E-state index in [1.807, 2.05) is 36.0 Å². The molecule has 2 heterocycles. The van der Waals surface area contributed by atoms with Crippen molar-refractivity contribution >= 4 is 11.8 Å². The van der Waals surface area contributed by atoms with Crippen LogP contribution in [0.25, 0.3) is 0 Å². The highest BCUT2D eigenvalue weighted by molar-refractivity contribution is 5.88. The average molecular weight is 384 g/mol. The molecule has 1 aliphatic heterocycles. The standard InChI is InChI=1S/C22H33N5O/c1-4-26-14-11-19(12-15-26)10-13-23-22(28)24-21-17(2)16-27(25-21)18(3)20-8-6-5-7-9-20/h5-9,16,18-19H,4,10-15H2,1-3H3,(H2,23,24,25,28)/t18-/m1/s1. The second-order valence-electron chi connectivity index (χ2n) is 7.77. The number of likely N-dealkylation sites (tertiary alicyclic amines) is 1. The molecule has 2 N–H and O–H groups in total. The quantitative estimate of drug-likeness (QED) is 0.758. The Morgan fingerprint density at radius 1 is 1.25 bits per heavy atom. The lowest BCUT2D eigenvalue weighted by Gasteiger charge is -2.30. The number of carbonyl (C=O) groups excluding carboxylic acids is 1. The van der Waals surface area contributed by atoms with Crippen LogP contribution in [0.2, 0.25) is 0 Å². The molecule has 28 heavy (non-hydrogen) atoms. The molecule has 2 aromatic rings. The van der Waals surface area contributed by atoms with Gasteiger partial charge in [0.1, 0.15) is 0 Å². The second kappa shape index (κ2) is 9.73. The van der Waals surface area contributed by atoms with Gasteiger partial charge in [-0.15, -0.1) is 0 Å². The van der Waals surface area contributed by atoms with E-state index in [0.29, 0.717) is 12.4 Å². The number of nitrogens with zero attached hydrogens (tertiary/aromatic N) is 3. The molecular formula is C22H33N5O. The van der Waals surface area contributed by atoms with Gasteiger partial charge >= 0.3 is 6.03 Å². The Hall–Kier alpha value is -2.34. The first-order valence-electron chi connectivity index (χ1n) is 10.4. The van der Waals surface area contributed by atoms with Crippen LogP contribution in [0.3, 0.4) is 0 Å². The second-order valence-corrected chi connectivity index (χ2v) is 7.77. The number of urea groups is 1. The molecule has 1 saturated heterocycles.